The van der Waals surface area contributed by atoms with Gasteiger partial charge in [-0.2, -0.15) is 0 Å². The summed E-state index contributed by atoms with van der Waals surface area (Å²) < 4.78 is 5.83. The molecule has 3 fully saturated rings. The molecule has 1 amide bonds. The summed E-state index contributed by atoms with van der Waals surface area (Å²) in [7, 11) is 0. The van der Waals surface area contributed by atoms with Crippen molar-refractivity contribution in [2.45, 2.75) is 31.5 Å². The van der Waals surface area contributed by atoms with Gasteiger partial charge in [0, 0.05) is 12.7 Å². The van der Waals surface area contributed by atoms with E-state index in [4.69, 9.17) is 10.5 Å². The van der Waals surface area contributed by atoms with Gasteiger partial charge in [-0.3, -0.25) is 9.78 Å². The first kappa shape index (κ1) is 11.6. The Bertz CT molecular complexity index is 468. The van der Waals surface area contributed by atoms with E-state index in [2.05, 4.69) is 10.3 Å². The first-order valence-corrected chi connectivity index (χ1v) is 6.17. The van der Waals surface area contributed by atoms with Crippen molar-refractivity contribution in [3.8, 4) is 0 Å². The fourth-order valence-corrected chi connectivity index (χ4v) is 3.32. The maximum absolute atomic E-state index is 12.4. The van der Waals surface area contributed by atoms with E-state index >= 15 is 0 Å². The number of aromatic nitrogens is 1. The van der Waals surface area contributed by atoms with Crippen molar-refractivity contribution in [3.05, 3.63) is 24.5 Å². The van der Waals surface area contributed by atoms with Crippen LogP contribution in [0, 0.1) is 5.41 Å². The van der Waals surface area contributed by atoms with Gasteiger partial charge in [0.05, 0.1) is 29.0 Å². The van der Waals surface area contributed by atoms with Crippen molar-refractivity contribution in [3.63, 3.8) is 0 Å². The van der Waals surface area contributed by atoms with E-state index in [0.29, 0.717) is 12.2 Å². The average molecular weight is 247 g/mol. The molecule has 1 saturated carbocycles. The van der Waals surface area contributed by atoms with Crippen LogP contribution < -0.4 is 11.1 Å². The van der Waals surface area contributed by atoms with Gasteiger partial charge in [-0.05, 0) is 31.9 Å². The van der Waals surface area contributed by atoms with Crippen LogP contribution in [0.4, 0.5) is 5.69 Å². The highest BCUT2D eigenvalue weighted by molar-refractivity contribution is 5.97. The standard InChI is InChI=1S/C13H17N3O2/c1-12-7-13(8-12,10(5-14)18-12)11(17)16-9-3-2-4-15-6-9/h2-4,6,10H,5,7-8,14H2,1H3,(H,16,17). The molecule has 3 heterocycles. The van der Waals surface area contributed by atoms with E-state index in [-0.39, 0.29) is 17.6 Å². The Morgan fingerprint density at radius 3 is 3.06 bits per heavy atom. The normalized spacial score (nSPS) is 37.1. The number of hydrogen-bond acceptors (Lipinski definition) is 4. The van der Waals surface area contributed by atoms with Crippen LogP contribution in [0.1, 0.15) is 19.8 Å². The molecule has 2 saturated heterocycles. The van der Waals surface area contributed by atoms with Gasteiger partial charge in [0.2, 0.25) is 5.91 Å². The molecule has 0 aromatic carbocycles. The summed E-state index contributed by atoms with van der Waals surface area (Å²) in [5.74, 6) is 0.000856. The Morgan fingerprint density at radius 1 is 1.67 bits per heavy atom. The molecule has 3 N–H and O–H groups in total. The summed E-state index contributed by atoms with van der Waals surface area (Å²) in [5.41, 5.74) is 5.82. The minimum Gasteiger partial charge on any atom is -0.370 e. The molecular formula is C13H17N3O2. The van der Waals surface area contributed by atoms with Crippen molar-refractivity contribution >= 4 is 11.6 Å². The molecule has 0 radical (unpaired) electrons. The second-order valence-corrected chi connectivity index (χ2v) is 5.50. The molecule has 4 rings (SSSR count). The molecule has 1 aromatic rings. The number of ether oxygens (including phenoxy) is 1. The summed E-state index contributed by atoms with van der Waals surface area (Å²) >= 11 is 0. The molecule has 1 aromatic heterocycles. The zero-order valence-corrected chi connectivity index (χ0v) is 10.3. The number of nitrogens with zero attached hydrogens (tertiary/aromatic N) is 1. The SMILES string of the molecule is CC12CC(C(=O)Nc3cccnc3)(C1)C(CN)O2. The second-order valence-electron chi connectivity index (χ2n) is 5.50. The van der Waals surface area contributed by atoms with E-state index in [1.165, 1.54) is 0 Å². The molecule has 2 aliphatic heterocycles. The van der Waals surface area contributed by atoms with E-state index in [9.17, 15) is 4.79 Å². The van der Waals surface area contributed by atoms with Crippen LogP contribution in [-0.2, 0) is 9.53 Å². The van der Waals surface area contributed by atoms with Crippen molar-refractivity contribution in [2.75, 3.05) is 11.9 Å². The fourth-order valence-electron chi connectivity index (χ4n) is 3.32. The second kappa shape index (κ2) is 3.76. The van der Waals surface area contributed by atoms with Gasteiger partial charge in [0.25, 0.3) is 0 Å². The van der Waals surface area contributed by atoms with Gasteiger partial charge >= 0.3 is 0 Å². The Balaban J connectivity index is 1.77. The van der Waals surface area contributed by atoms with Gasteiger partial charge in [0.1, 0.15) is 0 Å². The zero-order chi connectivity index (χ0) is 12.8. The summed E-state index contributed by atoms with van der Waals surface area (Å²) in [6.45, 7) is 2.42. The molecule has 96 valence electrons. The number of carbonyl (C=O) groups excluding carboxylic acids is 1. The number of nitrogens with one attached hydrogen (secondary N) is 1. The number of fused-ring (bicyclic) bond motifs is 1. The largest absolute Gasteiger partial charge is 0.370 e. The topological polar surface area (TPSA) is 77.2 Å². The van der Waals surface area contributed by atoms with Crippen LogP contribution in [0.3, 0.4) is 0 Å². The number of amides is 1. The lowest BCUT2D eigenvalue weighted by Gasteiger charge is -2.41. The zero-order valence-electron chi connectivity index (χ0n) is 10.3. The lowest BCUT2D eigenvalue weighted by atomic mass is 9.60. The predicted octanol–water partition coefficient (Wildman–Crippen LogP) is 0.916. The first-order chi connectivity index (χ1) is 8.58. The first-order valence-electron chi connectivity index (χ1n) is 6.17. The Labute approximate surface area is 106 Å². The molecule has 5 heteroatoms. The monoisotopic (exact) mass is 247 g/mol. The average Bonchev–Trinajstić information content (AvgIpc) is 2.79. The Hall–Kier alpha value is -1.46. The highest BCUT2D eigenvalue weighted by atomic mass is 16.5. The summed E-state index contributed by atoms with van der Waals surface area (Å²) in [6, 6.07) is 3.62. The molecule has 1 aliphatic carbocycles. The van der Waals surface area contributed by atoms with Gasteiger partial charge in [-0.15, -0.1) is 0 Å². The van der Waals surface area contributed by atoms with Crippen molar-refractivity contribution in [1.29, 1.82) is 0 Å². The number of hydrogen-bond donors (Lipinski definition) is 2. The Morgan fingerprint density at radius 2 is 2.44 bits per heavy atom. The minimum atomic E-state index is -0.445. The van der Waals surface area contributed by atoms with E-state index < -0.39 is 5.41 Å². The molecule has 0 spiro atoms. The molecule has 1 unspecified atom stereocenters. The highest BCUT2D eigenvalue weighted by Gasteiger charge is 2.68. The molecule has 3 aliphatic rings. The van der Waals surface area contributed by atoms with Crippen LogP contribution in [0.5, 0.6) is 0 Å². The third kappa shape index (κ3) is 1.54. The van der Waals surface area contributed by atoms with Gasteiger partial charge in [-0.1, -0.05) is 0 Å². The predicted molar refractivity (Wildman–Crippen MR) is 66.9 cm³/mol. The fraction of sp³-hybridized carbons (Fsp3) is 0.538. The number of pyridine rings is 1. The van der Waals surface area contributed by atoms with E-state index in [1.807, 2.05) is 13.0 Å². The number of carbonyl (C=O) groups is 1. The molecule has 5 nitrogen and oxygen atoms in total. The number of rotatable bonds is 3. The van der Waals surface area contributed by atoms with Crippen LogP contribution in [-0.4, -0.2) is 29.1 Å². The van der Waals surface area contributed by atoms with E-state index in [0.717, 1.165) is 12.8 Å². The van der Waals surface area contributed by atoms with Crippen molar-refractivity contribution < 1.29 is 9.53 Å². The van der Waals surface area contributed by atoms with Crippen LogP contribution in [0.25, 0.3) is 0 Å². The van der Waals surface area contributed by atoms with Gasteiger partial charge in [-0.25, -0.2) is 0 Å². The molecule has 18 heavy (non-hydrogen) atoms. The third-order valence-corrected chi connectivity index (χ3v) is 4.01. The lowest BCUT2D eigenvalue weighted by molar-refractivity contribution is -0.130. The smallest absolute Gasteiger partial charge is 0.233 e. The van der Waals surface area contributed by atoms with Crippen LogP contribution in [0.15, 0.2) is 24.5 Å². The highest BCUT2D eigenvalue weighted by Crippen LogP contribution is 2.61. The summed E-state index contributed by atoms with van der Waals surface area (Å²) in [4.78, 5) is 16.4. The van der Waals surface area contributed by atoms with E-state index in [1.54, 1.807) is 18.5 Å². The van der Waals surface area contributed by atoms with Crippen LogP contribution >= 0.6 is 0 Å². The maximum atomic E-state index is 12.4. The molecule has 2 bridgehead atoms. The quantitative estimate of drug-likeness (QED) is 0.832. The summed E-state index contributed by atoms with van der Waals surface area (Å²) in [6.07, 6.45) is 4.66. The van der Waals surface area contributed by atoms with Gasteiger partial charge in [0.15, 0.2) is 0 Å². The molecular weight excluding hydrogens is 230 g/mol. The van der Waals surface area contributed by atoms with Gasteiger partial charge < -0.3 is 15.8 Å². The Kier molecular flexibility index (Phi) is 2.43. The maximum Gasteiger partial charge on any atom is 0.233 e. The van der Waals surface area contributed by atoms with Crippen molar-refractivity contribution in [1.82, 2.24) is 4.98 Å². The molecule has 1 atom stereocenters. The third-order valence-electron chi connectivity index (χ3n) is 4.01. The number of anilines is 1. The number of nitrogens with two attached hydrogens (primary N) is 1. The summed E-state index contributed by atoms with van der Waals surface area (Å²) in [5, 5.41) is 2.91. The lowest BCUT2D eigenvalue weighted by Crippen LogP contribution is -2.52. The van der Waals surface area contributed by atoms with Crippen molar-refractivity contribution in [2.24, 2.45) is 11.1 Å². The minimum absolute atomic E-state index is 0.000856. The van der Waals surface area contributed by atoms with Crippen LogP contribution in [0.2, 0.25) is 0 Å².